The van der Waals surface area contributed by atoms with Crippen LogP contribution in [0.3, 0.4) is 0 Å². The molecule has 0 aliphatic rings. The highest BCUT2D eigenvalue weighted by Gasteiger charge is 2.05. The zero-order valence-corrected chi connectivity index (χ0v) is 9.07. The van der Waals surface area contributed by atoms with Crippen LogP contribution >= 0.6 is 0 Å². The summed E-state index contributed by atoms with van der Waals surface area (Å²) in [6.07, 6.45) is 7.19. The average Bonchev–Trinajstić information content (AvgIpc) is 2.16. The van der Waals surface area contributed by atoms with Crippen molar-refractivity contribution in [1.82, 2.24) is 5.01 Å². The van der Waals surface area contributed by atoms with Crippen LogP contribution in [-0.2, 0) is 0 Å². The van der Waals surface area contributed by atoms with Gasteiger partial charge in [0.1, 0.15) is 0 Å². The molecular formula is C11H17N3. The van der Waals surface area contributed by atoms with Crippen molar-refractivity contribution in [2.24, 2.45) is 10.1 Å². The third-order valence-corrected chi connectivity index (χ3v) is 1.39. The number of hydrogen-bond acceptors (Lipinski definition) is 2. The van der Waals surface area contributed by atoms with Crippen molar-refractivity contribution in [3.8, 4) is 0 Å². The lowest BCUT2D eigenvalue weighted by atomic mass is 10.3. The summed E-state index contributed by atoms with van der Waals surface area (Å²) in [7, 11) is 0. The van der Waals surface area contributed by atoms with Crippen molar-refractivity contribution in [3.63, 3.8) is 0 Å². The van der Waals surface area contributed by atoms with Gasteiger partial charge in [0.15, 0.2) is 5.84 Å². The first-order valence-corrected chi connectivity index (χ1v) is 4.40. The Morgan fingerprint density at radius 3 is 2.29 bits per heavy atom. The van der Waals surface area contributed by atoms with E-state index in [2.05, 4.69) is 23.4 Å². The van der Waals surface area contributed by atoms with E-state index >= 15 is 0 Å². The van der Waals surface area contributed by atoms with Crippen molar-refractivity contribution >= 4 is 12.6 Å². The second-order valence-corrected chi connectivity index (χ2v) is 2.68. The second-order valence-electron chi connectivity index (χ2n) is 2.68. The molecule has 0 radical (unpaired) electrons. The van der Waals surface area contributed by atoms with Crippen LogP contribution < -0.4 is 0 Å². The Morgan fingerprint density at radius 1 is 1.29 bits per heavy atom. The summed E-state index contributed by atoms with van der Waals surface area (Å²) < 4.78 is 0. The van der Waals surface area contributed by atoms with E-state index in [1.54, 1.807) is 17.4 Å². The van der Waals surface area contributed by atoms with Crippen molar-refractivity contribution in [2.75, 3.05) is 0 Å². The molecule has 0 aliphatic carbocycles. The first kappa shape index (κ1) is 12.4. The van der Waals surface area contributed by atoms with Gasteiger partial charge in [-0.25, -0.2) is 10.0 Å². The van der Waals surface area contributed by atoms with Crippen molar-refractivity contribution < 1.29 is 0 Å². The number of allylic oxidation sites excluding steroid dienone is 2. The Labute approximate surface area is 85.8 Å². The van der Waals surface area contributed by atoms with Crippen LogP contribution in [0.2, 0.25) is 0 Å². The van der Waals surface area contributed by atoms with Crippen molar-refractivity contribution in [3.05, 3.63) is 36.7 Å². The van der Waals surface area contributed by atoms with Gasteiger partial charge in [0.25, 0.3) is 0 Å². The third kappa shape index (κ3) is 3.85. The van der Waals surface area contributed by atoms with Gasteiger partial charge in [-0.2, -0.15) is 5.10 Å². The van der Waals surface area contributed by atoms with Gasteiger partial charge in [-0.1, -0.05) is 18.7 Å². The maximum absolute atomic E-state index is 4.21. The second kappa shape index (κ2) is 6.83. The van der Waals surface area contributed by atoms with Crippen molar-refractivity contribution in [2.45, 2.75) is 20.8 Å². The van der Waals surface area contributed by atoms with Crippen LogP contribution in [0.4, 0.5) is 0 Å². The molecule has 0 unspecified atom stereocenters. The zero-order valence-electron chi connectivity index (χ0n) is 9.07. The van der Waals surface area contributed by atoms with Gasteiger partial charge in [0.05, 0.1) is 0 Å². The van der Waals surface area contributed by atoms with Gasteiger partial charge < -0.3 is 0 Å². The van der Waals surface area contributed by atoms with E-state index < -0.39 is 0 Å². The van der Waals surface area contributed by atoms with E-state index in [4.69, 9.17) is 0 Å². The Kier molecular flexibility index (Phi) is 6.03. The van der Waals surface area contributed by atoms with Gasteiger partial charge in [-0.15, -0.1) is 0 Å². The molecule has 0 fully saturated rings. The van der Waals surface area contributed by atoms with Crippen LogP contribution in [-0.4, -0.2) is 17.6 Å². The molecule has 0 heterocycles. The summed E-state index contributed by atoms with van der Waals surface area (Å²) in [4.78, 5) is 4.21. The van der Waals surface area contributed by atoms with E-state index in [9.17, 15) is 0 Å². The smallest absolute Gasteiger partial charge is 0.155 e. The van der Waals surface area contributed by atoms with Gasteiger partial charge in [0.2, 0.25) is 0 Å². The fraction of sp³-hybridized carbons (Fsp3) is 0.273. The molecule has 0 aromatic carbocycles. The molecule has 76 valence electrons. The van der Waals surface area contributed by atoms with E-state index in [0.717, 1.165) is 5.57 Å². The Hall–Kier alpha value is -1.64. The summed E-state index contributed by atoms with van der Waals surface area (Å²) in [5.41, 5.74) is 0.841. The molecule has 0 saturated carbocycles. The van der Waals surface area contributed by atoms with Gasteiger partial charge in [-0.3, -0.25) is 0 Å². The fourth-order valence-corrected chi connectivity index (χ4v) is 0.836. The lowest BCUT2D eigenvalue weighted by molar-refractivity contribution is 0.606. The average molecular weight is 191 g/mol. The van der Waals surface area contributed by atoms with Crippen LogP contribution in [0.15, 0.2) is 46.8 Å². The molecule has 0 N–H and O–H groups in total. The minimum atomic E-state index is 0.691. The predicted octanol–water partition coefficient (Wildman–Crippen LogP) is 2.95. The molecule has 14 heavy (non-hydrogen) atoms. The first-order chi connectivity index (χ1) is 6.67. The van der Waals surface area contributed by atoms with E-state index in [-0.39, 0.29) is 0 Å². The number of rotatable bonds is 4. The standard InChI is InChI=1S/C11H17N3/c1-6-8-13-11(10(3)4)14(12-5)9-7-2/h6-9H,3,5H2,1-2,4H3/b8-6-,9-7-,13-11+. The number of aliphatic imine (C=N–C) groups is 1. The molecule has 0 spiro atoms. The Bertz CT molecular complexity index is 285. The van der Waals surface area contributed by atoms with E-state index in [1.807, 2.05) is 32.9 Å². The summed E-state index contributed by atoms with van der Waals surface area (Å²) in [6.45, 7) is 13.0. The number of nitrogens with zero attached hydrogens (tertiary/aromatic N) is 3. The maximum atomic E-state index is 4.21. The third-order valence-electron chi connectivity index (χ3n) is 1.39. The number of hydrazone groups is 1. The quantitative estimate of drug-likeness (QED) is 0.381. The lowest BCUT2D eigenvalue weighted by Gasteiger charge is -2.15. The molecular weight excluding hydrogens is 174 g/mol. The molecule has 0 rings (SSSR count). The van der Waals surface area contributed by atoms with E-state index in [1.165, 1.54) is 0 Å². The molecule has 3 nitrogen and oxygen atoms in total. The highest BCUT2D eigenvalue weighted by molar-refractivity contribution is 5.98. The highest BCUT2D eigenvalue weighted by atomic mass is 15.5. The molecule has 0 saturated heterocycles. The molecule has 0 aromatic heterocycles. The fourth-order valence-electron chi connectivity index (χ4n) is 0.836. The van der Waals surface area contributed by atoms with Gasteiger partial charge >= 0.3 is 0 Å². The topological polar surface area (TPSA) is 28.0 Å². The Balaban J connectivity index is 4.96. The summed E-state index contributed by atoms with van der Waals surface area (Å²) in [5.74, 6) is 0.691. The predicted molar refractivity (Wildman–Crippen MR) is 63.3 cm³/mol. The van der Waals surface area contributed by atoms with Gasteiger partial charge in [-0.05, 0) is 26.3 Å². The summed E-state index contributed by atoms with van der Waals surface area (Å²) in [6, 6.07) is 0. The minimum Gasteiger partial charge on any atom is -0.237 e. The highest BCUT2D eigenvalue weighted by Crippen LogP contribution is 2.03. The Morgan fingerprint density at radius 2 is 1.93 bits per heavy atom. The number of amidine groups is 1. The van der Waals surface area contributed by atoms with E-state index in [0.29, 0.717) is 5.84 Å². The molecule has 0 aliphatic heterocycles. The van der Waals surface area contributed by atoms with Crippen molar-refractivity contribution in [1.29, 1.82) is 0 Å². The molecule has 3 heteroatoms. The number of hydrogen-bond donors (Lipinski definition) is 0. The molecule has 0 atom stereocenters. The SMILES string of the molecule is C=NN(/C=C\C)/C(=N/C=C\C)C(=C)C. The lowest BCUT2D eigenvalue weighted by Crippen LogP contribution is -2.20. The normalized spacial score (nSPS) is 12.4. The largest absolute Gasteiger partial charge is 0.237 e. The maximum Gasteiger partial charge on any atom is 0.155 e. The monoisotopic (exact) mass is 191 g/mol. The van der Waals surface area contributed by atoms with Crippen LogP contribution in [0.5, 0.6) is 0 Å². The van der Waals surface area contributed by atoms with Crippen LogP contribution in [0.1, 0.15) is 20.8 Å². The van der Waals surface area contributed by atoms with Crippen LogP contribution in [0.25, 0.3) is 0 Å². The minimum absolute atomic E-state index is 0.691. The zero-order chi connectivity index (χ0) is 11.0. The molecule has 0 bridgehead atoms. The van der Waals surface area contributed by atoms with Crippen LogP contribution in [0, 0.1) is 0 Å². The van der Waals surface area contributed by atoms with Gasteiger partial charge in [0, 0.05) is 19.1 Å². The summed E-state index contributed by atoms with van der Waals surface area (Å²) >= 11 is 0. The molecule has 0 amide bonds. The molecule has 0 aromatic rings. The summed E-state index contributed by atoms with van der Waals surface area (Å²) in [5, 5.41) is 5.41. The first-order valence-electron chi connectivity index (χ1n) is 4.40.